The molecule has 3 nitrogen and oxygen atoms in total. The fourth-order valence-electron chi connectivity index (χ4n) is 2.20. The van der Waals surface area contributed by atoms with E-state index in [4.69, 9.17) is 4.74 Å². The summed E-state index contributed by atoms with van der Waals surface area (Å²) in [5.74, 6) is 0.608. The molecule has 1 saturated carbocycles. The summed E-state index contributed by atoms with van der Waals surface area (Å²) in [6.45, 7) is 6.88. The Morgan fingerprint density at radius 1 is 1.18 bits per heavy atom. The second kappa shape index (κ2) is 6.58. The summed E-state index contributed by atoms with van der Waals surface area (Å²) in [5.41, 5.74) is 0.462. The van der Waals surface area contributed by atoms with Crippen molar-refractivity contribution in [2.24, 2.45) is 5.92 Å². The predicted octanol–water partition coefficient (Wildman–Crippen LogP) is 3.03. The third kappa shape index (κ3) is 5.16. The molecule has 0 spiro atoms. The average Bonchev–Trinajstić information content (AvgIpc) is 2.28. The van der Waals surface area contributed by atoms with E-state index >= 15 is 0 Å². The molecule has 0 N–H and O–H groups in total. The zero-order valence-electron chi connectivity index (χ0n) is 10.8. The number of ketones is 1. The Balaban J connectivity index is 2.24. The first-order valence-corrected chi connectivity index (χ1v) is 6.35. The van der Waals surface area contributed by atoms with Crippen molar-refractivity contribution < 1.29 is 14.3 Å². The Hall–Kier alpha value is -1.12. The van der Waals surface area contributed by atoms with Crippen molar-refractivity contribution in [2.75, 3.05) is 0 Å². The molecule has 0 aromatic heterocycles. The van der Waals surface area contributed by atoms with E-state index in [9.17, 15) is 9.59 Å². The number of hydrogen-bond acceptors (Lipinski definition) is 3. The van der Waals surface area contributed by atoms with Crippen LogP contribution in [0.3, 0.4) is 0 Å². The van der Waals surface area contributed by atoms with E-state index in [0.29, 0.717) is 17.9 Å². The van der Waals surface area contributed by atoms with Gasteiger partial charge in [0.1, 0.15) is 11.9 Å². The first-order valence-electron chi connectivity index (χ1n) is 6.35. The maximum Gasteiger partial charge on any atom is 0.333 e. The van der Waals surface area contributed by atoms with Gasteiger partial charge in [0.25, 0.3) is 0 Å². The minimum absolute atomic E-state index is 0.0489. The smallest absolute Gasteiger partial charge is 0.333 e. The van der Waals surface area contributed by atoms with Gasteiger partial charge in [0.15, 0.2) is 0 Å². The number of esters is 1. The molecular formula is C14H22O3. The molecule has 0 aliphatic heterocycles. The van der Waals surface area contributed by atoms with Crippen molar-refractivity contribution in [2.45, 2.75) is 58.5 Å². The van der Waals surface area contributed by atoms with Gasteiger partial charge in [0, 0.05) is 12.0 Å². The maximum absolute atomic E-state index is 11.3. The van der Waals surface area contributed by atoms with Crippen molar-refractivity contribution >= 4 is 11.8 Å². The summed E-state index contributed by atoms with van der Waals surface area (Å²) in [5, 5.41) is 0. The zero-order valence-corrected chi connectivity index (χ0v) is 10.8. The summed E-state index contributed by atoms with van der Waals surface area (Å²) in [4.78, 5) is 22.2. The normalized spacial score (nSPS) is 24.1. The standard InChI is InChI=1S/C14H22O3/c1-10(2)14(16)17-13-8-6-12(7-9-13)5-4-11(3)15/h12-13H,1,4-9H2,2-3H3. The molecule has 0 radical (unpaired) electrons. The number of carbonyl (C=O) groups excluding carboxylic acids is 2. The third-order valence-corrected chi connectivity index (χ3v) is 3.32. The molecule has 0 unspecified atom stereocenters. The van der Waals surface area contributed by atoms with Crippen molar-refractivity contribution in [1.82, 2.24) is 0 Å². The molecule has 0 aromatic rings. The van der Waals surface area contributed by atoms with Gasteiger partial charge in [-0.05, 0) is 51.9 Å². The van der Waals surface area contributed by atoms with Gasteiger partial charge in [-0.3, -0.25) is 0 Å². The largest absolute Gasteiger partial charge is 0.459 e. The summed E-state index contributed by atoms with van der Waals surface area (Å²) in [7, 11) is 0. The molecular weight excluding hydrogens is 216 g/mol. The van der Waals surface area contributed by atoms with Crippen LogP contribution >= 0.6 is 0 Å². The van der Waals surface area contributed by atoms with E-state index in [-0.39, 0.29) is 17.9 Å². The van der Waals surface area contributed by atoms with E-state index < -0.39 is 0 Å². The van der Waals surface area contributed by atoms with Crippen molar-refractivity contribution in [3.63, 3.8) is 0 Å². The van der Waals surface area contributed by atoms with Crippen LogP contribution < -0.4 is 0 Å². The fraction of sp³-hybridized carbons (Fsp3) is 0.714. The molecule has 0 heterocycles. The van der Waals surface area contributed by atoms with Gasteiger partial charge in [-0.2, -0.15) is 0 Å². The monoisotopic (exact) mass is 238 g/mol. The van der Waals surface area contributed by atoms with Crippen LogP contribution in [0.15, 0.2) is 12.2 Å². The van der Waals surface area contributed by atoms with Gasteiger partial charge in [-0.25, -0.2) is 4.79 Å². The lowest BCUT2D eigenvalue weighted by molar-refractivity contribution is -0.146. The van der Waals surface area contributed by atoms with Crippen LogP contribution in [0, 0.1) is 5.92 Å². The first-order chi connectivity index (χ1) is 7.99. The highest BCUT2D eigenvalue weighted by Gasteiger charge is 2.23. The molecule has 0 saturated heterocycles. The number of Topliss-reactive ketones (excluding diaryl/α,β-unsaturated/α-hetero) is 1. The van der Waals surface area contributed by atoms with Gasteiger partial charge in [0.05, 0.1) is 0 Å². The fourth-order valence-corrected chi connectivity index (χ4v) is 2.20. The van der Waals surface area contributed by atoms with Crippen molar-refractivity contribution in [3.8, 4) is 0 Å². The van der Waals surface area contributed by atoms with Crippen LogP contribution in [0.25, 0.3) is 0 Å². The van der Waals surface area contributed by atoms with Gasteiger partial charge in [-0.1, -0.05) is 6.58 Å². The summed E-state index contributed by atoms with van der Waals surface area (Å²) < 4.78 is 5.32. The summed E-state index contributed by atoms with van der Waals surface area (Å²) in [6, 6.07) is 0. The topological polar surface area (TPSA) is 43.4 Å². The van der Waals surface area contributed by atoms with Crippen LogP contribution in [-0.4, -0.2) is 17.9 Å². The Labute approximate surface area is 103 Å². The quantitative estimate of drug-likeness (QED) is 0.546. The van der Waals surface area contributed by atoms with Crippen LogP contribution in [0.4, 0.5) is 0 Å². The van der Waals surface area contributed by atoms with Gasteiger partial charge in [0.2, 0.25) is 0 Å². The lowest BCUT2D eigenvalue weighted by Gasteiger charge is -2.28. The lowest BCUT2D eigenvalue weighted by Crippen LogP contribution is -2.24. The highest BCUT2D eigenvalue weighted by atomic mass is 16.5. The second-order valence-corrected chi connectivity index (χ2v) is 5.07. The molecule has 0 aromatic carbocycles. The molecule has 0 bridgehead atoms. The number of ether oxygens (including phenoxy) is 1. The molecule has 3 heteroatoms. The van der Waals surface area contributed by atoms with Crippen molar-refractivity contribution in [3.05, 3.63) is 12.2 Å². The van der Waals surface area contributed by atoms with Gasteiger partial charge >= 0.3 is 5.97 Å². The van der Waals surface area contributed by atoms with Crippen LogP contribution in [0.1, 0.15) is 52.4 Å². The van der Waals surface area contributed by atoms with E-state index in [2.05, 4.69) is 6.58 Å². The highest BCUT2D eigenvalue weighted by Crippen LogP contribution is 2.29. The lowest BCUT2D eigenvalue weighted by atomic mass is 9.84. The molecule has 1 aliphatic carbocycles. The molecule has 0 amide bonds. The SMILES string of the molecule is C=C(C)C(=O)OC1CCC(CCC(C)=O)CC1. The Bertz CT molecular complexity index is 299. The van der Waals surface area contributed by atoms with Gasteiger partial charge < -0.3 is 9.53 Å². The number of hydrogen-bond donors (Lipinski definition) is 0. The molecule has 96 valence electrons. The van der Waals surface area contributed by atoms with Crippen LogP contribution in [0.5, 0.6) is 0 Å². The molecule has 1 fully saturated rings. The van der Waals surface area contributed by atoms with E-state index in [1.54, 1.807) is 13.8 Å². The maximum atomic E-state index is 11.3. The molecule has 1 rings (SSSR count). The van der Waals surface area contributed by atoms with Crippen molar-refractivity contribution in [1.29, 1.82) is 0 Å². The molecule has 1 aliphatic rings. The van der Waals surface area contributed by atoms with Gasteiger partial charge in [-0.15, -0.1) is 0 Å². The Morgan fingerprint density at radius 2 is 1.76 bits per heavy atom. The second-order valence-electron chi connectivity index (χ2n) is 5.07. The minimum Gasteiger partial charge on any atom is -0.459 e. The Morgan fingerprint density at radius 3 is 2.24 bits per heavy atom. The number of carbonyl (C=O) groups is 2. The predicted molar refractivity (Wildman–Crippen MR) is 66.6 cm³/mol. The van der Waals surface area contributed by atoms with E-state index in [0.717, 1.165) is 32.1 Å². The third-order valence-electron chi connectivity index (χ3n) is 3.32. The van der Waals surface area contributed by atoms with E-state index in [1.165, 1.54) is 0 Å². The van der Waals surface area contributed by atoms with Crippen LogP contribution in [-0.2, 0) is 14.3 Å². The average molecular weight is 238 g/mol. The summed E-state index contributed by atoms with van der Waals surface area (Å²) in [6.07, 6.45) is 5.66. The Kier molecular flexibility index (Phi) is 5.39. The summed E-state index contributed by atoms with van der Waals surface area (Å²) >= 11 is 0. The minimum atomic E-state index is -0.280. The molecule has 0 atom stereocenters. The molecule has 17 heavy (non-hydrogen) atoms. The highest BCUT2D eigenvalue weighted by molar-refractivity contribution is 5.87. The first kappa shape index (κ1) is 13.9. The van der Waals surface area contributed by atoms with E-state index in [1.807, 2.05) is 0 Å². The number of rotatable bonds is 5. The van der Waals surface area contributed by atoms with Crippen LogP contribution in [0.2, 0.25) is 0 Å². The zero-order chi connectivity index (χ0) is 12.8.